The zero-order chi connectivity index (χ0) is 12.3. The topological polar surface area (TPSA) is 36.4 Å². The number of thiazole rings is 1. The van der Waals surface area contributed by atoms with Crippen LogP contribution in [-0.4, -0.2) is 34.2 Å². The monoisotopic (exact) mass is 242 g/mol. The van der Waals surface area contributed by atoms with Crippen molar-refractivity contribution >= 4 is 11.3 Å². The maximum atomic E-state index is 9.28. The average molecular weight is 242 g/mol. The van der Waals surface area contributed by atoms with E-state index in [1.165, 1.54) is 4.88 Å². The Balaban J connectivity index is 2.66. The van der Waals surface area contributed by atoms with Crippen LogP contribution in [0.3, 0.4) is 0 Å². The second-order valence-electron chi connectivity index (χ2n) is 5.14. The molecule has 0 atom stereocenters. The van der Waals surface area contributed by atoms with Crippen molar-refractivity contribution in [2.75, 3.05) is 13.7 Å². The molecule has 4 heteroatoms. The Hall–Kier alpha value is -0.450. The van der Waals surface area contributed by atoms with Crippen molar-refractivity contribution in [2.45, 2.75) is 45.7 Å². The second-order valence-corrected chi connectivity index (χ2v) is 6.28. The molecule has 0 bridgehead atoms. The van der Waals surface area contributed by atoms with E-state index in [4.69, 9.17) is 0 Å². The summed E-state index contributed by atoms with van der Waals surface area (Å²) in [6, 6.07) is 0. The first-order valence-electron chi connectivity index (χ1n) is 5.63. The quantitative estimate of drug-likeness (QED) is 0.861. The van der Waals surface area contributed by atoms with Gasteiger partial charge in [-0.1, -0.05) is 13.8 Å². The molecule has 0 aromatic carbocycles. The molecular formula is C12H22N2OS. The fourth-order valence-electron chi connectivity index (χ4n) is 1.20. The third-order valence-corrected chi connectivity index (χ3v) is 4.22. The van der Waals surface area contributed by atoms with Crippen molar-refractivity contribution < 1.29 is 5.11 Å². The highest BCUT2D eigenvalue weighted by molar-refractivity contribution is 7.11. The zero-order valence-electron chi connectivity index (χ0n) is 10.8. The van der Waals surface area contributed by atoms with E-state index in [2.05, 4.69) is 23.7 Å². The van der Waals surface area contributed by atoms with E-state index in [1.807, 2.05) is 27.1 Å². The number of hydrogen-bond acceptors (Lipinski definition) is 4. The first-order chi connectivity index (χ1) is 7.36. The van der Waals surface area contributed by atoms with Gasteiger partial charge in [0, 0.05) is 16.6 Å². The standard InChI is InChI=1S/C12H22N2OS/c1-9(2)10-6-13-11(16-10)7-14(5)12(3,4)8-15/h6,9,15H,7-8H2,1-5H3. The molecule has 0 aliphatic carbocycles. The van der Waals surface area contributed by atoms with Gasteiger partial charge in [0.2, 0.25) is 0 Å². The summed E-state index contributed by atoms with van der Waals surface area (Å²) in [5.41, 5.74) is -0.191. The molecule has 0 radical (unpaired) electrons. The number of aromatic nitrogens is 1. The smallest absolute Gasteiger partial charge is 0.107 e. The van der Waals surface area contributed by atoms with Crippen LogP contribution >= 0.6 is 11.3 Å². The summed E-state index contributed by atoms with van der Waals surface area (Å²) in [6.45, 7) is 9.38. The lowest BCUT2D eigenvalue weighted by molar-refractivity contribution is 0.0733. The van der Waals surface area contributed by atoms with Gasteiger partial charge in [0.25, 0.3) is 0 Å². The SMILES string of the molecule is CC(C)c1cnc(CN(C)C(C)(C)CO)s1. The molecule has 1 heterocycles. The molecule has 0 spiro atoms. The highest BCUT2D eigenvalue weighted by Gasteiger charge is 2.23. The molecule has 1 rings (SSSR count). The highest BCUT2D eigenvalue weighted by atomic mass is 32.1. The number of likely N-dealkylation sites (N-methyl/N-ethyl adjacent to an activating group) is 1. The van der Waals surface area contributed by atoms with E-state index in [0.717, 1.165) is 11.6 Å². The molecule has 1 aromatic heterocycles. The normalized spacial score (nSPS) is 12.8. The molecule has 16 heavy (non-hydrogen) atoms. The predicted molar refractivity (Wildman–Crippen MR) is 68.8 cm³/mol. The number of hydrogen-bond donors (Lipinski definition) is 1. The van der Waals surface area contributed by atoms with Gasteiger partial charge in [-0.3, -0.25) is 4.90 Å². The van der Waals surface area contributed by atoms with Crippen molar-refractivity contribution in [3.8, 4) is 0 Å². The molecule has 0 fully saturated rings. The third-order valence-electron chi connectivity index (χ3n) is 2.93. The number of nitrogens with zero attached hydrogens (tertiary/aromatic N) is 2. The fourth-order valence-corrected chi connectivity index (χ4v) is 2.18. The van der Waals surface area contributed by atoms with E-state index in [9.17, 15) is 5.11 Å². The van der Waals surface area contributed by atoms with Gasteiger partial charge in [0.05, 0.1) is 13.2 Å². The summed E-state index contributed by atoms with van der Waals surface area (Å²) in [5, 5.41) is 10.4. The molecule has 0 amide bonds. The van der Waals surface area contributed by atoms with E-state index in [0.29, 0.717) is 5.92 Å². The average Bonchev–Trinajstić information content (AvgIpc) is 2.66. The van der Waals surface area contributed by atoms with E-state index in [1.54, 1.807) is 11.3 Å². The fraction of sp³-hybridized carbons (Fsp3) is 0.750. The summed E-state index contributed by atoms with van der Waals surface area (Å²) in [7, 11) is 2.02. The Morgan fingerprint density at radius 1 is 1.50 bits per heavy atom. The van der Waals surface area contributed by atoms with Crippen molar-refractivity contribution in [3.63, 3.8) is 0 Å². The van der Waals surface area contributed by atoms with Crippen LogP contribution in [0.4, 0.5) is 0 Å². The van der Waals surface area contributed by atoms with E-state index < -0.39 is 0 Å². The summed E-state index contributed by atoms with van der Waals surface area (Å²) in [5.74, 6) is 0.544. The second kappa shape index (κ2) is 5.25. The Morgan fingerprint density at radius 2 is 2.12 bits per heavy atom. The van der Waals surface area contributed by atoms with Crippen LogP contribution in [0.25, 0.3) is 0 Å². The maximum Gasteiger partial charge on any atom is 0.107 e. The maximum absolute atomic E-state index is 9.28. The Bertz CT molecular complexity index is 334. The van der Waals surface area contributed by atoms with Crippen molar-refractivity contribution in [1.29, 1.82) is 0 Å². The van der Waals surface area contributed by atoms with Crippen molar-refractivity contribution in [3.05, 3.63) is 16.1 Å². The molecule has 0 aliphatic heterocycles. The Morgan fingerprint density at radius 3 is 2.56 bits per heavy atom. The lowest BCUT2D eigenvalue weighted by atomic mass is 10.1. The van der Waals surface area contributed by atoms with Gasteiger partial charge in [0.1, 0.15) is 5.01 Å². The molecule has 0 saturated heterocycles. The molecule has 0 aliphatic rings. The molecular weight excluding hydrogens is 220 g/mol. The van der Waals surface area contributed by atoms with E-state index in [-0.39, 0.29) is 12.1 Å². The minimum absolute atomic E-state index is 0.159. The van der Waals surface area contributed by atoms with Crippen LogP contribution in [0.15, 0.2) is 6.20 Å². The molecule has 92 valence electrons. The van der Waals surface area contributed by atoms with Crippen LogP contribution < -0.4 is 0 Å². The predicted octanol–water partition coefficient (Wildman–Crippen LogP) is 2.47. The van der Waals surface area contributed by atoms with Crippen LogP contribution in [0.5, 0.6) is 0 Å². The Labute approximate surface area is 102 Å². The number of rotatable bonds is 5. The zero-order valence-corrected chi connectivity index (χ0v) is 11.6. The lowest BCUT2D eigenvalue weighted by Gasteiger charge is -2.33. The molecule has 1 aromatic rings. The third kappa shape index (κ3) is 3.27. The summed E-state index contributed by atoms with van der Waals surface area (Å²) < 4.78 is 0. The minimum atomic E-state index is -0.191. The largest absolute Gasteiger partial charge is 0.394 e. The molecule has 0 unspecified atom stereocenters. The van der Waals surface area contributed by atoms with Gasteiger partial charge in [-0.25, -0.2) is 4.98 Å². The van der Waals surface area contributed by atoms with Gasteiger partial charge in [-0.15, -0.1) is 11.3 Å². The van der Waals surface area contributed by atoms with Gasteiger partial charge < -0.3 is 5.11 Å². The van der Waals surface area contributed by atoms with Crippen molar-refractivity contribution in [2.24, 2.45) is 0 Å². The first kappa shape index (κ1) is 13.6. The molecule has 1 N–H and O–H groups in total. The highest BCUT2D eigenvalue weighted by Crippen LogP contribution is 2.24. The minimum Gasteiger partial charge on any atom is -0.394 e. The van der Waals surface area contributed by atoms with Gasteiger partial charge >= 0.3 is 0 Å². The molecule has 0 saturated carbocycles. The summed E-state index contributed by atoms with van der Waals surface area (Å²) in [6.07, 6.45) is 1.96. The van der Waals surface area contributed by atoms with Crippen LogP contribution in [0.2, 0.25) is 0 Å². The first-order valence-corrected chi connectivity index (χ1v) is 6.45. The van der Waals surface area contributed by atoms with Crippen LogP contribution in [0, 0.1) is 0 Å². The number of aliphatic hydroxyl groups excluding tert-OH is 1. The number of aliphatic hydroxyl groups is 1. The Kier molecular flexibility index (Phi) is 4.47. The van der Waals surface area contributed by atoms with E-state index >= 15 is 0 Å². The summed E-state index contributed by atoms with van der Waals surface area (Å²) >= 11 is 1.76. The van der Waals surface area contributed by atoms with Crippen molar-refractivity contribution in [1.82, 2.24) is 9.88 Å². The lowest BCUT2D eigenvalue weighted by Crippen LogP contribution is -2.43. The van der Waals surface area contributed by atoms with Crippen LogP contribution in [0.1, 0.15) is 43.5 Å². The molecule has 3 nitrogen and oxygen atoms in total. The van der Waals surface area contributed by atoms with Gasteiger partial charge in [0.15, 0.2) is 0 Å². The van der Waals surface area contributed by atoms with Gasteiger partial charge in [-0.2, -0.15) is 0 Å². The van der Waals surface area contributed by atoms with Gasteiger partial charge in [-0.05, 0) is 26.8 Å². The van der Waals surface area contributed by atoms with Crippen LogP contribution in [-0.2, 0) is 6.54 Å². The summed E-state index contributed by atoms with van der Waals surface area (Å²) in [4.78, 5) is 7.88.